The molecule has 1 N–H and O–H groups in total. The molecule has 4 aromatic carbocycles. The molecule has 4 aromatic rings. The highest BCUT2D eigenvalue weighted by atomic mass is 35.7. The molecule has 7 heteroatoms. The Morgan fingerprint density at radius 2 is 1.42 bits per heavy atom. The van der Waals surface area contributed by atoms with Crippen molar-refractivity contribution in [2.45, 2.75) is 19.1 Å². The van der Waals surface area contributed by atoms with E-state index < -0.39 is 18.7 Å². The summed E-state index contributed by atoms with van der Waals surface area (Å²) in [6.07, 6.45) is 0.279. The first-order chi connectivity index (χ1) is 16.0. The minimum Gasteiger partial charge on any atom is -0.396 e. The Morgan fingerprint density at radius 1 is 0.818 bits per heavy atom. The Kier molecular flexibility index (Phi) is 7.58. The van der Waals surface area contributed by atoms with Crippen molar-refractivity contribution in [2.24, 2.45) is 0 Å². The lowest BCUT2D eigenvalue weighted by atomic mass is 10.1. The minimum atomic E-state index is -3.97. The average molecular weight is 480 g/mol. The first-order valence-electron chi connectivity index (χ1n) is 10.5. The fourth-order valence-corrected chi connectivity index (χ4v) is 5.35. The molecule has 0 fully saturated rings. The van der Waals surface area contributed by atoms with Gasteiger partial charge in [-0.15, -0.1) is 0 Å². The predicted molar refractivity (Wildman–Crippen MR) is 131 cm³/mol. The van der Waals surface area contributed by atoms with E-state index in [1.165, 1.54) is 0 Å². The Labute approximate surface area is 197 Å². The maximum Gasteiger partial charge on any atom is 0.369 e. The lowest BCUT2D eigenvalue weighted by Gasteiger charge is -2.20. The first-order valence-corrected chi connectivity index (χ1v) is 13.0. The lowest BCUT2D eigenvalue weighted by Crippen LogP contribution is -2.39. The number of carbonyl (C=O) groups excluding carboxylic acids is 1. The van der Waals surface area contributed by atoms with Gasteiger partial charge in [-0.2, -0.15) is 5.48 Å². The standard InChI is InChI=1S/C26H23ClNO4P/c27-33(30,25-17-9-15-22-14-7-8-16-23(22)25)32-26(29)24(18-20-10-3-1-4-11-20)28-31-19-21-12-5-2-6-13-21/h1-17,24,28H,18-19H2/t24-,33?/m0/s1. The lowest BCUT2D eigenvalue weighted by molar-refractivity contribution is -0.141. The van der Waals surface area contributed by atoms with Gasteiger partial charge in [0.05, 0.1) is 11.9 Å². The van der Waals surface area contributed by atoms with E-state index in [1.807, 2.05) is 84.9 Å². The summed E-state index contributed by atoms with van der Waals surface area (Å²) in [6.45, 7) is -3.72. The summed E-state index contributed by atoms with van der Waals surface area (Å²) in [6, 6.07) is 30.7. The maximum absolute atomic E-state index is 13.3. The van der Waals surface area contributed by atoms with Crippen LogP contribution < -0.4 is 10.8 Å². The van der Waals surface area contributed by atoms with Crippen molar-refractivity contribution in [2.75, 3.05) is 0 Å². The van der Waals surface area contributed by atoms with Gasteiger partial charge in [0, 0.05) is 6.42 Å². The van der Waals surface area contributed by atoms with E-state index in [0.717, 1.165) is 16.5 Å². The Balaban J connectivity index is 1.52. The molecule has 0 aliphatic rings. The molecule has 0 amide bonds. The number of hydrogen-bond acceptors (Lipinski definition) is 5. The zero-order valence-corrected chi connectivity index (χ0v) is 19.4. The molecule has 0 aromatic heterocycles. The molecule has 1 unspecified atom stereocenters. The summed E-state index contributed by atoms with van der Waals surface area (Å²) in [4.78, 5) is 18.7. The quantitative estimate of drug-likeness (QED) is 0.244. The third kappa shape index (κ3) is 6.10. The van der Waals surface area contributed by atoms with E-state index in [-0.39, 0.29) is 13.0 Å². The van der Waals surface area contributed by atoms with Crippen LogP contribution in [0, 0.1) is 0 Å². The SMILES string of the molecule is O=C(OP(=O)(Cl)c1cccc2ccccc12)[C@H](Cc1ccccc1)NOCc1ccccc1. The first kappa shape index (κ1) is 23.2. The molecule has 0 aliphatic heterocycles. The summed E-state index contributed by atoms with van der Waals surface area (Å²) in [7, 11) is 0. The molecule has 4 rings (SSSR count). The fourth-order valence-electron chi connectivity index (χ4n) is 3.49. The Hall–Kier alpha value is -2.95. The Bertz CT molecular complexity index is 1260. The van der Waals surface area contributed by atoms with Crippen LogP contribution in [0.3, 0.4) is 0 Å². The van der Waals surface area contributed by atoms with Crippen LogP contribution in [0.5, 0.6) is 0 Å². The summed E-state index contributed by atoms with van der Waals surface area (Å²) in [5.41, 5.74) is 4.61. The number of nitrogens with one attached hydrogen (secondary N) is 1. The molecule has 33 heavy (non-hydrogen) atoms. The normalized spacial score (nSPS) is 13.8. The highest BCUT2D eigenvalue weighted by Crippen LogP contribution is 2.52. The van der Waals surface area contributed by atoms with E-state index in [9.17, 15) is 9.36 Å². The van der Waals surface area contributed by atoms with Gasteiger partial charge in [0.2, 0.25) is 0 Å². The van der Waals surface area contributed by atoms with Gasteiger partial charge in [0.25, 0.3) is 0 Å². The van der Waals surface area contributed by atoms with Crippen molar-refractivity contribution in [3.05, 3.63) is 114 Å². The number of hydroxylamine groups is 1. The highest BCUT2D eigenvalue weighted by Gasteiger charge is 2.33. The molecule has 168 valence electrons. The Morgan fingerprint density at radius 3 is 2.15 bits per heavy atom. The monoisotopic (exact) mass is 479 g/mol. The molecule has 0 saturated heterocycles. The second-order valence-electron chi connectivity index (χ2n) is 7.52. The largest absolute Gasteiger partial charge is 0.396 e. The number of carbonyl (C=O) groups is 1. The van der Waals surface area contributed by atoms with Crippen molar-refractivity contribution in [3.8, 4) is 0 Å². The van der Waals surface area contributed by atoms with Crippen LogP contribution in [0.1, 0.15) is 11.1 Å². The molecule has 0 radical (unpaired) electrons. The van der Waals surface area contributed by atoms with Crippen LogP contribution in [0.15, 0.2) is 103 Å². The van der Waals surface area contributed by atoms with Crippen molar-refractivity contribution < 1.29 is 18.7 Å². The van der Waals surface area contributed by atoms with Gasteiger partial charge in [-0.05, 0) is 39.2 Å². The van der Waals surface area contributed by atoms with Crippen LogP contribution in [0.2, 0.25) is 0 Å². The van der Waals surface area contributed by atoms with Gasteiger partial charge in [-0.25, -0.2) is 4.79 Å². The molecule has 0 heterocycles. The van der Waals surface area contributed by atoms with E-state index in [0.29, 0.717) is 10.7 Å². The van der Waals surface area contributed by atoms with E-state index >= 15 is 0 Å². The van der Waals surface area contributed by atoms with Crippen LogP contribution >= 0.6 is 18.0 Å². The molecule has 0 saturated carbocycles. The van der Waals surface area contributed by atoms with Crippen molar-refractivity contribution >= 4 is 40.0 Å². The van der Waals surface area contributed by atoms with Gasteiger partial charge in [0.15, 0.2) is 0 Å². The van der Waals surface area contributed by atoms with Crippen molar-refractivity contribution in [1.82, 2.24) is 5.48 Å². The number of fused-ring (bicyclic) bond motifs is 1. The molecule has 0 bridgehead atoms. The second-order valence-corrected chi connectivity index (χ2v) is 10.5. The third-order valence-corrected chi connectivity index (χ3v) is 7.27. The van der Waals surface area contributed by atoms with Crippen molar-refractivity contribution in [3.63, 3.8) is 0 Å². The molecular weight excluding hydrogens is 457 g/mol. The van der Waals surface area contributed by atoms with Gasteiger partial charge in [-0.1, -0.05) is 97.1 Å². The number of hydrogen-bond donors (Lipinski definition) is 1. The number of benzene rings is 4. The van der Waals surface area contributed by atoms with Gasteiger partial charge >= 0.3 is 12.7 Å². The van der Waals surface area contributed by atoms with Gasteiger partial charge < -0.3 is 4.52 Å². The summed E-state index contributed by atoms with van der Waals surface area (Å²) >= 11 is 6.36. The average Bonchev–Trinajstić information content (AvgIpc) is 2.84. The summed E-state index contributed by atoms with van der Waals surface area (Å²) in [5.74, 6) is -0.752. The number of halogens is 1. The van der Waals surface area contributed by atoms with E-state index in [1.54, 1.807) is 18.2 Å². The minimum absolute atomic E-state index is 0.251. The summed E-state index contributed by atoms with van der Waals surface area (Å²) in [5, 5.41) is 1.83. The third-order valence-electron chi connectivity index (χ3n) is 5.14. The smallest absolute Gasteiger partial charge is 0.369 e. The zero-order chi connectivity index (χ0) is 23.1. The fraction of sp³-hybridized carbons (Fsp3) is 0.115. The van der Waals surface area contributed by atoms with E-state index in [2.05, 4.69) is 5.48 Å². The van der Waals surface area contributed by atoms with Crippen molar-refractivity contribution in [1.29, 1.82) is 0 Å². The van der Waals surface area contributed by atoms with Gasteiger partial charge in [-0.3, -0.25) is 9.40 Å². The maximum atomic E-state index is 13.3. The van der Waals surface area contributed by atoms with Crippen LogP contribution in [-0.4, -0.2) is 12.0 Å². The zero-order valence-electron chi connectivity index (χ0n) is 17.8. The van der Waals surface area contributed by atoms with Crippen LogP contribution in [-0.2, 0) is 31.7 Å². The molecule has 5 nitrogen and oxygen atoms in total. The second kappa shape index (κ2) is 10.8. The van der Waals surface area contributed by atoms with E-state index in [4.69, 9.17) is 20.6 Å². The predicted octanol–water partition coefficient (Wildman–Crippen LogP) is 5.77. The van der Waals surface area contributed by atoms with Crippen LogP contribution in [0.4, 0.5) is 0 Å². The molecule has 0 aliphatic carbocycles. The topological polar surface area (TPSA) is 64.6 Å². The van der Waals surface area contributed by atoms with Gasteiger partial charge in [0.1, 0.15) is 6.04 Å². The number of rotatable bonds is 9. The molecule has 2 atom stereocenters. The summed E-state index contributed by atoms with van der Waals surface area (Å²) < 4.78 is 18.8. The molecular formula is C26H23ClNO4P. The van der Waals surface area contributed by atoms with Crippen LogP contribution in [0.25, 0.3) is 10.8 Å². The highest BCUT2D eigenvalue weighted by molar-refractivity contribution is 7.92. The molecule has 0 spiro atoms.